The lowest BCUT2D eigenvalue weighted by Gasteiger charge is -2.41. The largest absolute Gasteiger partial charge is 0.480 e. The summed E-state index contributed by atoms with van der Waals surface area (Å²) in [6.45, 7) is 7.32. The van der Waals surface area contributed by atoms with E-state index in [0.29, 0.717) is 56.6 Å². The van der Waals surface area contributed by atoms with Crippen LogP contribution in [0.25, 0.3) is 11.1 Å². The highest BCUT2D eigenvalue weighted by atomic mass is 32.2. The topological polar surface area (TPSA) is 187 Å². The number of thioether (sulfide) groups is 1. The summed E-state index contributed by atoms with van der Waals surface area (Å²) >= 11 is 1.06. The minimum absolute atomic E-state index is 0.00658. The van der Waals surface area contributed by atoms with Crippen molar-refractivity contribution in [3.05, 3.63) is 95.8 Å². The van der Waals surface area contributed by atoms with Crippen molar-refractivity contribution in [1.29, 1.82) is 0 Å². The number of nitrogens with zero attached hydrogens (tertiary/aromatic N) is 3. The zero-order valence-electron chi connectivity index (χ0n) is 33.9. The third kappa shape index (κ3) is 14.0. The number of benzene rings is 2. The van der Waals surface area contributed by atoms with Gasteiger partial charge in [-0.2, -0.15) is 0 Å². The van der Waals surface area contributed by atoms with Crippen LogP contribution in [-0.4, -0.2) is 104 Å². The smallest absolute Gasteiger partial charge is 0.327 e. The number of unbranched alkanes of at least 4 members (excludes halogenated alkanes) is 2. The fraction of sp³-hybridized carbons (Fsp3) is 0.465. The summed E-state index contributed by atoms with van der Waals surface area (Å²) in [5.74, 6) is -4.03. The van der Waals surface area contributed by atoms with Crippen LogP contribution in [0, 0.1) is 17.0 Å². The Labute approximate surface area is 348 Å². The molecule has 1 aromatic heterocycles. The van der Waals surface area contributed by atoms with Crippen LogP contribution in [0.4, 0.5) is 8.78 Å². The molecule has 0 radical (unpaired) electrons. The predicted molar refractivity (Wildman–Crippen MR) is 223 cm³/mol. The van der Waals surface area contributed by atoms with E-state index in [-0.39, 0.29) is 60.7 Å². The lowest BCUT2D eigenvalue weighted by atomic mass is 9.83. The molecule has 0 saturated carbocycles. The quantitative estimate of drug-likeness (QED) is 0.0835. The SMILES string of the molecule is CC(C)(C)[C@H](c1cc(-c2cc(F)ccc2F)cn1Cc1ccccc1)N(CCCN)C(=O)CSC[C@H](NC(=O)CCNC(=O)CCCCCN1C(=O)C=CC1O)C(=O)O. The number of carbonyl (C=O) groups is 5. The monoisotopic (exact) mass is 838 g/mol. The summed E-state index contributed by atoms with van der Waals surface area (Å²) in [6.07, 6.45) is 5.95. The van der Waals surface area contributed by atoms with E-state index in [0.717, 1.165) is 35.5 Å². The van der Waals surface area contributed by atoms with Gasteiger partial charge < -0.3 is 40.9 Å². The number of nitrogens with one attached hydrogen (secondary N) is 2. The molecule has 59 heavy (non-hydrogen) atoms. The Morgan fingerprint density at radius 1 is 0.983 bits per heavy atom. The Kier molecular flexibility index (Phi) is 17.7. The minimum Gasteiger partial charge on any atom is -0.480 e. The van der Waals surface area contributed by atoms with E-state index in [9.17, 15) is 38.6 Å². The van der Waals surface area contributed by atoms with E-state index in [4.69, 9.17) is 5.73 Å². The van der Waals surface area contributed by atoms with Crippen LogP contribution >= 0.6 is 11.8 Å². The molecule has 1 aliphatic heterocycles. The summed E-state index contributed by atoms with van der Waals surface area (Å²) in [4.78, 5) is 66.0. The van der Waals surface area contributed by atoms with E-state index in [1.807, 2.05) is 55.7 Å². The molecule has 0 aliphatic carbocycles. The summed E-state index contributed by atoms with van der Waals surface area (Å²) in [7, 11) is 0. The molecule has 2 aromatic carbocycles. The Balaban J connectivity index is 1.37. The Morgan fingerprint density at radius 2 is 1.73 bits per heavy atom. The lowest BCUT2D eigenvalue weighted by Crippen LogP contribution is -2.45. The zero-order chi connectivity index (χ0) is 43.1. The number of halogens is 2. The van der Waals surface area contributed by atoms with Crippen molar-refractivity contribution in [2.45, 2.75) is 84.2 Å². The molecule has 6 N–H and O–H groups in total. The molecule has 4 rings (SSSR count). The molecular weight excluding hydrogens is 783 g/mol. The van der Waals surface area contributed by atoms with Crippen molar-refractivity contribution in [3.8, 4) is 11.1 Å². The molecule has 13 nitrogen and oxygen atoms in total. The molecule has 1 aliphatic rings. The average Bonchev–Trinajstić information content (AvgIpc) is 3.73. The molecular formula is C43H56F2N6O7S. The summed E-state index contributed by atoms with van der Waals surface area (Å²) < 4.78 is 31.4. The number of amides is 4. The number of carboxylic acids is 1. The number of aliphatic hydroxyl groups excluding tert-OH is 1. The van der Waals surface area contributed by atoms with Gasteiger partial charge in [0.1, 0.15) is 23.9 Å². The number of hydrogen-bond acceptors (Lipinski definition) is 8. The van der Waals surface area contributed by atoms with Crippen molar-refractivity contribution in [3.63, 3.8) is 0 Å². The first-order valence-electron chi connectivity index (χ1n) is 19.8. The molecule has 1 unspecified atom stereocenters. The third-order valence-corrected chi connectivity index (χ3v) is 10.9. The highest BCUT2D eigenvalue weighted by Crippen LogP contribution is 2.41. The minimum atomic E-state index is -1.30. The first-order chi connectivity index (χ1) is 28.1. The van der Waals surface area contributed by atoms with Gasteiger partial charge in [-0.3, -0.25) is 19.2 Å². The highest BCUT2D eigenvalue weighted by molar-refractivity contribution is 8.00. The van der Waals surface area contributed by atoms with Crippen LogP contribution in [0.2, 0.25) is 0 Å². The van der Waals surface area contributed by atoms with Crippen molar-refractivity contribution in [2.24, 2.45) is 11.1 Å². The second kappa shape index (κ2) is 22.3. The Morgan fingerprint density at radius 3 is 2.39 bits per heavy atom. The molecule has 2 heterocycles. The van der Waals surface area contributed by atoms with Gasteiger partial charge in [0.15, 0.2) is 0 Å². The van der Waals surface area contributed by atoms with E-state index in [2.05, 4.69) is 10.6 Å². The van der Waals surface area contributed by atoms with Gasteiger partial charge in [-0.25, -0.2) is 13.6 Å². The van der Waals surface area contributed by atoms with Crippen LogP contribution < -0.4 is 16.4 Å². The number of aromatic nitrogens is 1. The normalized spacial score (nSPS) is 14.9. The number of hydrogen-bond donors (Lipinski definition) is 5. The number of aliphatic hydroxyl groups is 1. The summed E-state index contributed by atoms with van der Waals surface area (Å²) in [5.41, 5.74) is 7.56. The number of aliphatic carboxylic acids is 1. The van der Waals surface area contributed by atoms with Crippen LogP contribution in [0.1, 0.15) is 76.6 Å². The number of carboxylic acid groups (broad SMARTS) is 1. The van der Waals surface area contributed by atoms with Crippen molar-refractivity contribution >= 4 is 41.4 Å². The van der Waals surface area contributed by atoms with E-state index < -0.39 is 47.2 Å². The standard InChI is InChI=1S/C43H56F2N6O7S/c1-43(2,3)41(35-23-30(32-24-31(44)14-15-33(32)45)26-49(35)25-29-11-6-4-7-12-29)51(22-10-19-46)40(56)28-59-27-34(42(57)58)48-37(53)18-20-47-36(52)13-8-5-9-21-50-38(54)16-17-39(50)55/h4,6-7,11-12,14-17,23-24,26,34,38,41,54H,5,8-10,13,18-22,25,27-28,46H2,1-3H3,(H,47,52)(H,48,53)(H,57,58)/t34-,38?,41-/m0/s1. The maximum absolute atomic E-state index is 15.1. The second-order valence-corrected chi connectivity index (χ2v) is 16.6. The van der Waals surface area contributed by atoms with E-state index >= 15 is 4.39 Å². The van der Waals surface area contributed by atoms with Gasteiger partial charge >= 0.3 is 5.97 Å². The van der Waals surface area contributed by atoms with Crippen LogP contribution in [0.3, 0.4) is 0 Å². The zero-order valence-corrected chi connectivity index (χ0v) is 34.7. The van der Waals surface area contributed by atoms with Crippen molar-refractivity contribution in [1.82, 2.24) is 25.0 Å². The van der Waals surface area contributed by atoms with Crippen LogP contribution in [0.15, 0.2) is 72.9 Å². The van der Waals surface area contributed by atoms with Gasteiger partial charge in [0.25, 0.3) is 0 Å². The fourth-order valence-electron chi connectivity index (χ4n) is 6.95. The maximum Gasteiger partial charge on any atom is 0.327 e. The molecule has 0 bridgehead atoms. The number of nitrogens with two attached hydrogens (primary N) is 1. The maximum atomic E-state index is 15.1. The van der Waals surface area contributed by atoms with Gasteiger partial charge in [-0.1, -0.05) is 57.5 Å². The fourth-order valence-corrected chi connectivity index (χ4v) is 7.87. The van der Waals surface area contributed by atoms with Gasteiger partial charge in [0.2, 0.25) is 23.6 Å². The first kappa shape index (κ1) is 46.6. The highest BCUT2D eigenvalue weighted by Gasteiger charge is 2.37. The second-order valence-electron chi connectivity index (χ2n) is 15.6. The number of carbonyl (C=O) groups excluding carboxylic acids is 4. The van der Waals surface area contributed by atoms with E-state index in [1.54, 1.807) is 17.2 Å². The molecule has 0 spiro atoms. The summed E-state index contributed by atoms with van der Waals surface area (Å²) in [5, 5.41) is 24.8. The summed E-state index contributed by atoms with van der Waals surface area (Å²) in [6, 6.07) is 12.8. The van der Waals surface area contributed by atoms with Gasteiger partial charge in [0.05, 0.1) is 11.8 Å². The van der Waals surface area contributed by atoms with Crippen molar-refractivity contribution < 1.29 is 43.0 Å². The Bertz CT molecular complexity index is 1940. The molecule has 0 fully saturated rings. The number of rotatable bonds is 23. The van der Waals surface area contributed by atoms with Crippen molar-refractivity contribution in [2.75, 3.05) is 37.7 Å². The molecule has 320 valence electrons. The molecule has 4 amide bonds. The Hall–Kier alpha value is -5.06. The first-order valence-corrected chi connectivity index (χ1v) is 21.0. The molecule has 0 saturated heterocycles. The van der Waals surface area contributed by atoms with E-state index in [1.165, 1.54) is 17.1 Å². The van der Waals surface area contributed by atoms with Crippen LogP contribution in [0.5, 0.6) is 0 Å². The van der Waals surface area contributed by atoms with Gasteiger partial charge in [-0.05, 0) is 67.1 Å². The predicted octanol–water partition coefficient (Wildman–Crippen LogP) is 4.83. The molecule has 3 aromatic rings. The molecule has 16 heteroatoms. The average molecular weight is 839 g/mol. The van der Waals surface area contributed by atoms with Gasteiger partial charge in [0, 0.05) is 73.9 Å². The third-order valence-electron chi connectivity index (χ3n) is 9.83. The lowest BCUT2D eigenvalue weighted by molar-refractivity contribution is -0.141. The molecule has 3 atom stereocenters. The van der Waals surface area contributed by atoms with Crippen LogP contribution in [-0.2, 0) is 30.5 Å². The van der Waals surface area contributed by atoms with Gasteiger partial charge in [-0.15, -0.1) is 11.8 Å².